The van der Waals surface area contributed by atoms with Crippen LogP contribution in [0.2, 0.25) is 0 Å². The van der Waals surface area contributed by atoms with E-state index >= 15 is 0 Å². The predicted octanol–water partition coefficient (Wildman–Crippen LogP) is 6.60. The molecule has 0 bridgehead atoms. The summed E-state index contributed by atoms with van der Waals surface area (Å²) in [4.78, 5) is 24.2. The van der Waals surface area contributed by atoms with E-state index in [1.165, 1.54) is 64.2 Å². The highest BCUT2D eigenvalue weighted by atomic mass is 16.3. The minimum atomic E-state index is -0.564. The van der Waals surface area contributed by atoms with E-state index in [9.17, 15) is 24.9 Å². The van der Waals surface area contributed by atoms with Crippen LogP contribution in [0, 0.1) is 0 Å². The normalized spacial score (nSPS) is 13.6. The molecule has 0 spiro atoms. The largest absolute Gasteiger partial charge is 0.507 e. The summed E-state index contributed by atoms with van der Waals surface area (Å²) in [6, 6.07) is 0. The van der Waals surface area contributed by atoms with Crippen LogP contribution in [0.25, 0.3) is 0 Å². The molecule has 0 aliphatic heterocycles. The van der Waals surface area contributed by atoms with E-state index in [2.05, 4.69) is 6.92 Å². The monoisotopic (exact) mass is 418 g/mol. The molecule has 30 heavy (non-hydrogen) atoms. The minimum absolute atomic E-state index is 0.00349. The molecule has 0 unspecified atom stereocenters. The Hall–Kier alpha value is -2.04. The maximum Gasteiger partial charge on any atom is 0.169 e. The fraction of sp³-hybridized carbons (Fsp3) is 0.680. The summed E-state index contributed by atoms with van der Waals surface area (Å²) in [6.45, 7) is 2.24. The number of Topliss-reactive ketones (excluding diaryl/α,β-unsaturated/α-hetero) is 2. The molecule has 1 aliphatic rings. The molecule has 0 atom stereocenters. The van der Waals surface area contributed by atoms with Crippen LogP contribution < -0.4 is 0 Å². The van der Waals surface area contributed by atoms with E-state index in [0.717, 1.165) is 19.3 Å². The number of phenolic OH excluding ortho intramolecular Hbond substituents is 3. The molecule has 2 rings (SSSR count). The zero-order valence-electron chi connectivity index (χ0n) is 18.5. The second-order valence-corrected chi connectivity index (χ2v) is 8.61. The number of ketones is 2. The fourth-order valence-corrected chi connectivity index (χ4v) is 4.34. The minimum Gasteiger partial charge on any atom is -0.507 e. The van der Waals surface area contributed by atoms with Crippen molar-refractivity contribution in [3.8, 4) is 17.2 Å². The maximum atomic E-state index is 12.2. The third-order valence-electron chi connectivity index (χ3n) is 6.19. The Morgan fingerprint density at radius 2 is 0.967 bits per heavy atom. The molecule has 0 amide bonds. The Labute approximate surface area is 180 Å². The van der Waals surface area contributed by atoms with E-state index in [4.69, 9.17) is 0 Å². The number of carbonyl (C=O) groups is 2. The molecular formula is C25H38O5. The van der Waals surface area contributed by atoms with Gasteiger partial charge < -0.3 is 15.3 Å². The smallest absolute Gasteiger partial charge is 0.169 e. The van der Waals surface area contributed by atoms with Crippen molar-refractivity contribution in [2.75, 3.05) is 0 Å². The van der Waals surface area contributed by atoms with E-state index in [-0.39, 0.29) is 41.1 Å². The van der Waals surface area contributed by atoms with Gasteiger partial charge in [0.1, 0.15) is 5.75 Å². The molecule has 1 aliphatic carbocycles. The van der Waals surface area contributed by atoms with Gasteiger partial charge in [0.2, 0.25) is 0 Å². The predicted molar refractivity (Wildman–Crippen MR) is 119 cm³/mol. The summed E-state index contributed by atoms with van der Waals surface area (Å²) in [5, 5.41) is 30.9. The highest BCUT2D eigenvalue weighted by Gasteiger charge is 2.33. The third-order valence-corrected chi connectivity index (χ3v) is 6.19. The van der Waals surface area contributed by atoms with Crippen molar-refractivity contribution in [2.45, 2.75) is 110 Å². The van der Waals surface area contributed by atoms with Crippen molar-refractivity contribution in [3.63, 3.8) is 0 Å². The summed E-state index contributed by atoms with van der Waals surface area (Å²) in [7, 11) is 0. The van der Waals surface area contributed by atoms with Crippen molar-refractivity contribution in [3.05, 3.63) is 16.7 Å². The van der Waals surface area contributed by atoms with Gasteiger partial charge in [-0.15, -0.1) is 0 Å². The van der Waals surface area contributed by atoms with Gasteiger partial charge in [0, 0.05) is 18.4 Å². The quantitative estimate of drug-likeness (QED) is 0.180. The first kappa shape index (κ1) is 24.2. The SMILES string of the molecule is CCCCCCCCCCCCCCCc1c(O)c(O)c2c(c1O)C(=O)CCC2=O. The van der Waals surface area contributed by atoms with Crippen molar-refractivity contribution >= 4 is 11.6 Å². The van der Waals surface area contributed by atoms with E-state index in [0.29, 0.717) is 6.42 Å². The second-order valence-electron chi connectivity index (χ2n) is 8.61. The first-order valence-electron chi connectivity index (χ1n) is 11.8. The van der Waals surface area contributed by atoms with Crippen LogP contribution in [0.1, 0.15) is 130 Å². The molecule has 0 saturated carbocycles. The first-order valence-corrected chi connectivity index (χ1v) is 11.8. The zero-order valence-corrected chi connectivity index (χ0v) is 18.5. The standard InChI is InChI=1S/C25H38O5/c1-2-3-4-5-6-7-8-9-10-11-12-13-14-15-18-23(28)21-19(26)16-17-20(27)22(21)25(30)24(18)29/h28-30H,2-17H2,1H3. The van der Waals surface area contributed by atoms with Gasteiger partial charge in [-0.2, -0.15) is 0 Å². The Bertz CT molecular complexity index is 723. The van der Waals surface area contributed by atoms with Crippen LogP contribution in [0.5, 0.6) is 17.2 Å². The Morgan fingerprint density at radius 1 is 0.567 bits per heavy atom. The van der Waals surface area contributed by atoms with Crippen LogP contribution in [0.4, 0.5) is 0 Å². The molecule has 168 valence electrons. The van der Waals surface area contributed by atoms with Crippen LogP contribution in [-0.4, -0.2) is 26.9 Å². The van der Waals surface area contributed by atoms with Gasteiger partial charge in [0.05, 0.1) is 11.1 Å². The molecule has 3 N–H and O–H groups in total. The van der Waals surface area contributed by atoms with Crippen molar-refractivity contribution in [2.24, 2.45) is 0 Å². The summed E-state index contributed by atoms with van der Waals surface area (Å²) in [5.41, 5.74) is -0.168. The fourth-order valence-electron chi connectivity index (χ4n) is 4.34. The number of hydrogen-bond donors (Lipinski definition) is 3. The summed E-state index contributed by atoms with van der Waals surface area (Å²) in [6.07, 6.45) is 16.3. The molecular weight excluding hydrogens is 380 g/mol. The Morgan fingerprint density at radius 3 is 1.43 bits per heavy atom. The van der Waals surface area contributed by atoms with Crippen molar-refractivity contribution in [1.82, 2.24) is 0 Å². The highest BCUT2D eigenvalue weighted by Crippen LogP contribution is 2.45. The number of benzene rings is 1. The van der Waals surface area contributed by atoms with Gasteiger partial charge in [0.15, 0.2) is 23.1 Å². The third kappa shape index (κ3) is 6.48. The Kier molecular flexibility index (Phi) is 10.2. The van der Waals surface area contributed by atoms with Crippen molar-refractivity contribution < 1.29 is 24.9 Å². The lowest BCUT2D eigenvalue weighted by atomic mass is 9.85. The lowest BCUT2D eigenvalue weighted by Gasteiger charge is -2.20. The van der Waals surface area contributed by atoms with Gasteiger partial charge >= 0.3 is 0 Å². The molecule has 0 heterocycles. The number of rotatable bonds is 14. The average molecular weight is 419 g/mol. The van der Waals surface area contributed by atoms with E-state index in [1.807, 2.05) is 0 Å². The highest BCUT2D eigenvalue weighted by molar-refractivity contribution is 6.17. The average Bonchev–Trinajstić information content (AvgIpc) is 2.73. The number of unbranched alkanes of at least 4 members (excludes halogenated alkanes) is 12. The summed E-state index contributed by atoms with van der Waals surface area (Å²) in [5.74, 6) is -2.14. The lowest BCUT2D eigenvalue weighted by Crippen LogP contribution is -2.18. The summed E-state index contributed by atoms with van der Waals surface area (Å²) >= 11 is 0. The van der Waals surface area contributed by atoms with Gasteiger partial charge in [-0.05, 0) is 12.8 Å². The zero-order chi connectivity index (χ0) is 21.9. The molecule has 0 aromatic heterocycles. The number of hydrogen-bond acceptors (Lipinski definition) is 5. The van der Waals surface area contributed by atoms with Gasteiger partial charge in [-0.25, -0.2) is 0 Å². The number of aromatic hydroxyl groups is 3. The Balaban J connectivity index is 1.70. The number of phenols is 3. The van der Waals surface area contributed by atoms with Crippen LogP contribution in [0.15, 0.2) is 0 Å². The van der Waals surface area contributed by atoms with E-state index in [1.54, 1.807) is 0 Å². The van der Waals surface area contributed by atoms with Crippen LogP contribution in [0.3, 0.4) is 0 Å². The number of fused-ring (bicyclic) bond motifs is 1. The van der Waals surface area contributed by atoms with E-state index < -0.39 is 17.3 Å². The molecule has 1 aromatic rings. The molecule has 0 fully saturated rings. The lowest BCUT2D eigenvalue weighted by molar-refractivity contribution is 0.0884. The molecule has 1 aromatic carbocycles. The first-order chi connectivity index (χ1) is 14.5. The van der Waals surface area contributed by atoms with Gasteiger partial charge in [0.25, 0.3) is 0 Å². The molecule has 0 saturated heterocycles. The van der Waals surface area contributed by atoms with Crippen LogP contribution in [-0.2, 0) is 6.42 Å². The summed E-state index contributed by atoms with van der Waals surface area (Å²) < 4.78 is 0. The van der Waals surface area contributed by atoms with Crippen molar-refractivity contribution in [1.29, 1.82) is 0 Å². The molecule has 0 radical (unpaired) electrons. The van der Waals surface area contributed by atoms with Gasteiger partial charge in [-0.1, -0.05) is 84.0 Å². The van der Waals surface area contributed by atoms with Gasteiger partial charge in [-0.3, -0.25) is 9.59 Å². The number of carbonyl (C=O) groups excluding carboxylic acids is 2. The molecule has 5 heteroatoms. The topological polar surface area (TPSA) is 94.8 Å². The maximum absolute atomic E-state index is 12.2. The second kappa shape index (κ2) is 12.6. The molecule has 5 nitrogen and oxygen atoms in total. The van der Waals surface area contributed by atoms with Crippen LogP contribution >= 0.6 is 0 Å².